The SMILES string of the molecule is CCCS(=O)(=O)c1ccc(-c2cnc3[nH]cc(C(=O)c4c(F)ccc(C(N)=O)c4F)c3c2)cc1. The van der Waals surface area contributed by atoms with Crippen molar-refractivity contribution in [3.8, 4) is 11.1 Å². The lowest BCUT2D eigenvalue weighted by Gasteiger charge is -2.08. The molecule has 2 heterocycles. The fourth-order valence-electron chi connectivity index (χ4n) is 3.68. The van der Waals surface area contributed by atoms with E-state index in [2.05, 4.69) is 9.97 Å². The second kappa shape index (κ2) is 8.79. The second-order valence-electron chi connectivity index (χ2n) is 7.64. The molecule has 0 radical (unpaired) electrons. The maximum atomic E-state index is 14.7. The van der Waals surface area contributed by atoms with Crippen LogP contribution in [0.25, 0.3) is 22.2 Å². The fourth-order valence-corrected chi connectivity index (χ4v) is 5.00. The fraction of sp³-hybridized carbons (Fsp3) is 0.125. The van der Waals surface area contributed by atoms with Gasteiger partial charge in [0.1, 0.15) is 17.3 Å². The number of carbonyl (C=O) groups excluding carboxylic acids is 2. The van der Waals surface area contributed by atoms with Crippen molar-refractivity contribution in [3.05, 3.63) is 83.2 Å². The predicted molar refractivity (Wildman–Crippen MR) is 122 cm³/mol. The summed E-state index contributed by atoms with van der Waals surface area (Å²) < 4.78 is 53.6. The third-order valence-electron chi connectivity index (χ3n) is 5.38. The summed E-state index contributed by atoms with van der Waals surface area (Å²) >= 11 is 0. The highest BCUT2D eigenvalue weighted by atomic mass is 32.2. The lowest BCUT2D eigenvalue weighted by atomic mass is 9.98. The third kappa shape index (κ3) is 4.08. The summed E-state index contributed by atoms with van der Waals surface area (Å²) in [6, 6.07) is 9.52. The number of aromatic nitrogens is 2. The van der Waals surface area contributed by atoms with Gasteiger partial charge in [-0.05, 0) is 42.3 Å². The molecule has 0 aliphatic carbocycles. The second-order valence-corrected chi connectivity index (χ2v) is 9.75. The van der Waals surface area contributed by atoms with Crippen LogP contribution >= 0.6 is 0 Å². The van der Waals surface area contributed by atoms with Gasteiger partial charge in [-0.15, -0.1) is 0 Å². The van der Waals surface area contributed by atoms with Crippen molar-refractivity contribution in [1.29, 1.82) is 0 Å². The first kappa shape index (κ1) is 23.2. The van der Waals surface area contributed by atoms with Gasteiger partial charge < -0.3 is 10.7 Å². The number of hydrogen-bond donors (Lipinski definition) is 2. The topological polar surface area (TPSA) is 123 Å². The number of nitrogens with zero attached hydrogens (tertiary/aromatic N) is 1. The Bertz CT molecular complexity index is 1540. The van der Waals surface area contributed by atoms with E-state index in [1.807, 2.05) is 0 Å². The number of carbonyl (C=O) groups is 2. The van der Waals surface area contributed by atoms with E-state index < -0.39 is 44.3 Å². The van der Waals surface area contributed by atoms with Crippen LogP contribution in [0.1, 0.15) is 39.6 Å². The Kier molecular flexibility index (Phi) is 6.01. The van der Waals surface area contributed by atoms with Crippen molar-refractivity contribution in [2.45, 2.75) is 18.2 Å². The molecule has 4 aromatic rings. The highest BCUT2D eigenvalue weighted by Gasteiger charge is 2.26. The number of fused-ring (bicyclic) bond motifs is 1. The van der Waals surface area contributed by atoms with E-state index in [0.717, 1.165) is 12.1 Å². The van der Waals surface area contributed by atoms with E-state index in [0.29, 0.717) is 28.6 Å². The van der Waals surface area contributed by atoms with E-state index in [1.54, 1.807) is 25.1 Å². The van der Waals surface area contributed by atoms with Crippen LogP contribution in [0.15, 0.2) is 59.8 Å². The zero-order chi connectivity index (χ0) is 24.6. The van der Waals surface area contributed by atoms with E-state index in [-0.39, 0.29) is 16.2 Å². The summed E-state index contributed by atoms with van der Waals surface area (Å²) in [7, 11) is -3.37. The van der Waals surface area contributed by atoms with E-state index >= 15 is 0 Å². The first-order valence-corrected chi connectivity index (χ1v) is 11.9. The van der Waals surface area contributed by atoms with Crippen LogP contribution in [0.2, 0.25) is 0 Å². The van der Waals surface area contributed by atoms with Crippen molar-refractivity contribution in [2.75, 3.05) is 5.75 Å². The molecule has 0 fully saturated rings. The minimum Gasteiger partial charge on any atom is -0.366 e. The number of amides is 1. The summed E-state index contributed by atoms with van der Waals surface area (Å²) in [5.41, 5.74) is 5.08. The van der Waals surface area contributed by atoms with Gasteiger partial charge in [0.2, 0.25) is 5.78 Å². The molecule has 34 heavy (non-hydrogen) atoms. The first-order valence-electron chi connectivity index (χ1n) is 10.3. The third-order valence-corrected chi connectivity index (χ3v) is 7.32. The molecule has 2 aromatic carbocycles. The summed E-state index contributed by atoms with van der Waals surface area (Å²) in [6.45, 7) is 1.78. The number of pyridine rings is 1. The lowest BCUT2D eigenvalue weighted by Crippen LogP contribution is -2.17. The number of halogens is 2. The molecule has 0 aliphatic heterocycles. The van der Waals surface area contributed by atoms with Crippen LogP contribution in [-0.4, -0.2) is 35.8 Å². The van der Waals surface area contributed by atoms with Crippen LogP contribution in [-0.2, 0) is 9.84 Å². The molecule has 3 N–H and O–H groups in total. The lowest BCUT2D eigenvalue weighted by molar-refractivity contribution is 0.0996. The average Bonchev–Trinajstić information content (AvgIpc) is 3.22. The van der Waals surface area contributed by atoms with Gasteiger partial charge in [-0.2, -0.15) is 0 Å². The molecule has 0 saturated carbocycles. The quantitative estimate of drug-likeness (QED) is 0.384. The van der Waals surface area contributed by atoms with E-state index in [9.17, 15) is 26.8 Å². The van der Waals surface area contributed by atoms with Crippen molar-refractivity contribution in [1.82, 2.24) is 9.97 Å². The predicted octanol–water partition coefficient (Wildman–Crippen LogP) is 4.02. The molecule has 0 unspecified atom stereocenters. The number of nitrogens with one attached hydrogen (secondary N) is 1. The zero-order valence-corrected chi connectivity index (χ0v) is 18.7. The molecular formula is C24H19F2N3O4S. The standard InChI is InChI=1S/C24H19F2N3O4S/c1-2-9-34(32,33)15-5-3-13(4-6-15)14-10-17-18(12-29-24(17)28-11-14)22(30)20-19(25)8-7-16(21(20)26)23(27)31/h3-8,10-12H,2,9H2,1H3,(H2,27,31)(H,28,29). The maximum absolute atomic E-state index is 14.7. The number of ketones is 1. The number of sulfone groups is 1. The molecule has 4 rings (SSSR count). The summed E-state index contributed by atoms with van der Waals surface area (Å²) in [6.07, 6.45) is 3.30. The van der Waals surface area contributed by atoms with Gasteiger partial charge in [-0.1, -0.05) is 19.1 Å². The zero-order valence-electron chi connectivity index (χ0n) is 17.9. The highest BCUT2D eigenvalue weighted by molar-refractivity contribution is 7.91. The Morgan fingerprint density at radius 3 is 2.38 bits per heavy atom. The average molecular weight is 483 g/mol. The Hall–Kier alpha value is -3.92. The van der Waals surface area contributed by atoms with Crippen LogP contribution in [0, 0.1) is 11.6 Å². The van der Waals surface area contributed by atoms with Crippen molar-refractivity contribution in [2.24, 2.45) is 5.73 Å². The minimum atomic E-state index is -3.37. The molecule has 10 heteroatoms. The summed E-state index contributed by atoms with van der Waals surface area (Å²) in [5, 5.41) is 0.299. The van der Waals surface area contributed by atoms with Crippen molar-refractivity contribution in [3.63, 3.8) is 0 Å². The van der Waals surface area contributed by atoms with Crippen LogP contribution in [0.4, 0.5) is 8.78 Å². The molecule has 0 aliphatic rings. The summed E-state index contributed by atoms with van der Waals surface area (Å²) in [5.74, 6) is -4.53. The van der Waals surface area contributed by atoms with Gasteiger partial charge in [0.15, 0.2) is 9.84 Å². The smallest absolute Gasteiger partial charge is 0.251 e. The largest absolute Gasteiger partial charge is 0.366 e. The van der Waals surface area contributed by atoms with Crippen molar-refractivity contribution >= 4 is 32.6 Å². The number of rotatable bonds is 7. The highest BCUT2D eigenvalue weighted by Crippen LogP contribution is 2.29. The number of hydrogen-bond acceptors (Lipinski definition) is 5. The van der Waals surface area contributed by atoms with Gasteiger partial charge in [-0.25, -0.2) is 22.2 Å². The molecule has 2 aromatic heterocycles. The molecule has 7 nitrogen and oxygen atoms in total. The van der Waals surface area contributed by atoms with Gasteiger partial charge >= 0.3 is 0 Å². The maximum Gasteiger partial charge on any atom is 0.251 e. The Morgan fingerprint density at radius 1 is 1.03 bits per heavy atom. The molecule has 0 spiro atoms. The van der Waals surface area contributed by atoms with Gasteiger partial charge in [-0.3, -0.25) is 9.59 Å². The number of aromatic amines is 1. The number of nitrogens with two attached hydrogens (primary N) is 1. The molecular weight excluding hydrogens is 464 g/mol. The number of benzene rings is 2. The normalized spacial score (nSPS) is 11.6. The molecule has 0 saturated heterocycles. The van der Waals surface area contributed by atoms with E-state index in [1.165, 1.54) is 24.5 Å². The molecule has 174 valence electrons. The Labute approximate surface area is 193 Å². The van der Waals surface area contributed by atoms with E-state index in [4.69, 9.17) is 5.73 Å². The first-order chi connectivity index (χ1) is 16.1. The number of primary amides is 1. The van der Waals surface area contributed by atoms with Crippen molar-refractivity contribution < 1.29 is 26.8 Å². The Morgan fingerprint density at radius 2 is 1.74 bits per heavy atom. The Balaban J connectivity index is 1.77. The molecule has 1 amide bonds. The monoisotopic (exact) mass is 483 g/mol. The molecule has 0 bridgehead atoms. The summed E-state index contributed by atoms with van der Waals surface area (Å²) in [4.78, 5) is 31.7. The van der Waals surface area contributed by atoms with Gasteiger partial charge in [0.05, 0.1) is 21.8 Å². The molecule has 0 atom stereocenters. The number of H-pyrrole nitrogens is 1. The van der Waals surface area contributed by atoms with Crippen LogP contribution in [0.5, 0.6) is 0 Å². The van der Waals surface area contributed by atoms with Crippen LogP contribution < -0.4 is 5.73 Å². The minimum absolute atomic E-state index is 0.0404. The van der Waals surface area contributed by atoms with Gasteiger partial charge in [0.25, 0.3) is 5.91 Å². The van der Waals surface area contributed by atoms with Crippen LogP contribution in [0.3, 0.4) is 0 Å². The van der Waals surface area contributed by atoms with Gasteiger partial charge in [0, 0.05) is 28.9 Å².